The van der Waals surface area contributed by atoms with E-state index in [-0.39, 0.29) is 0 Å². The summed E-state index contributed by atoms with van der Waals surface area (Å²) in [6, 6.07) is 0.755. The van der Waals surface area contributed by atoms with Crippen LogP contribution in [0.5, 0.6) is 0 Å². The van der Waals surface area contributed by atoms with Crippen molar-refractivity contribution in [3.63, 3.8) is 0 Å². The quantitative estimate of drug-likeness (QED) is 0.699. The topological polar surface area (TPSA) is 35.6 Å². The summed E-state index contributed by atoms with van der Waals surface area (Å²) in [4.78, 5) is 15.9. The number of likely N-dealkylation sites (N-methyl/N-ethyl adjacent to an activating group) is 1. The molecule has 1 N–H and O–H groups in total. The van der Waals surface area contributed by atoms with Gasteiger partial charge in [0.05, 0.1) is 0 Å². The molecule has 1 aliphatic carbocycles. The Kier molecular flexibility index (Phi) is 3.82. The maximum atomic E-state index is 11.7. The van der Waals surface area contributed by atoms with Crippen LogP contribution in [0.25, 0.3) is 0 Å². The van der Waals surface area contributed by atoms with Crippen molar-refractivity contribution in [2.24, 2.45) is 5.92 Å². The van der Waals surface area contributed by atoms with E-state index >= 15 is 0 Å². The van der Waals surface area contributed by atoms with E-state index in [1.807, 2.05) is 19.0 Å². The Morgan fingerprint density at radius 1 is 1.44 bits per heavy atom. The van der Waals surface area contributed by atoms with E-state index in [2.05, 4.69) is 10.2 Å². The molecule has 2 aliphatic rings. The third kappa shape index (κ3) is 3.46. The van der Waals surface area contributed by atoms with Crippen LogP contribution >= 0.6 is 0 Å². The molecule has 0 aromatic rings. The molecule has 4 nitrogen and oxygen atoms in total. The molecule has 0 radical (unpaired) electrons. The number of nitrogens with zero attached hydrogens (tertiary/aromatic N) is 2. The normalized spacial score (nSPS) is 25.8. The summed E-state index contributed by atoms with van der Waals surface area (Å²) in [5, 5.41) is 3.52. The monoisotopic (exact) mass is 225 g/mol. The second-order valence-corrected chi connectivity index (χ2v) is 5.40. The van der Waals surface area contributed by atoms with Gasteiger partial charge >= 0.3 is 0 Å². The van der Waals surface area contributed by atoms with Crippen molar-refractivity contribution in [1.82, 2.24) is 15.1 Å². The Morgan fingerprint density at radius 2 is 2.19 bits per heavy atom. The second-order valence-electron chi connectivity index (χ2n) is 5.40. The van der Waals surface area contributed by atoms with Crippen LogP contribution in [0.1, 0.15) is 19.3 Å². The average molecular weight is 225 g/mol. The minimum atomic E-state index is 0.337. The third-order valence-electron chi connectivity index (χ3n) is 3.38. The Labute approximate surface area is 98.0 Å². The van der Waals surface area contributed by atoms with E-state index in [1.165, 1.54) is 12.8 Å². The zero-order valence-electron chi connectivity index (χ0n) is 10.4. The van der Waals surface area contributed by atoms with Crippen molar-refractivity contribution >= 4 is 5.91 Å². The van der Waals surface area contributed by atoms with Crippen LogP contribution in [0.3, 0.4) is 0 Å². The van der Waals surface area contributed by atoms with Gasteiger partial charge in [0.25, 0.3) is 0 Å². The molecule has 1 saturated heterocycles. The minimum Gasteiger partial charge on any atom is -0.341 e. The van der Waals surface area contributed by atoms with Gasteiger partial charge in [-0.05, 0) is 32.9 Å². The SMILES string of the molecule is CN(C)CCN1CC(CNC2CC2)CC1=O. The van der Waals surface area contributed by atoms with Crippen molar-refractivity contribution in [1.29, 1.82) is 0 Å². The molecule has 1 heterocycles. The second kappa shape index (κ2) is 5.15. The van der Waals surface area contributed by atoms with Gasteiger partial charge in [-0.15, -0.1) is 0 Å². The van der Waals surface area contributed by atoms with Gasteiger partial charge < -0.3 is 15.1 Å². The molecule has 0 aromatic carbocycles. The molecule has 1 saturated carbocycles. The number of carbonyl (C=O) groups is 1. The summed E-state index contributed by atoms with van der Waals surface area (Å²) in [5.41, 5.74) is 0. The third-order valence-corrected chi connectivity index (χ3v) is 3.38. The highest BCUT2D eigenvalue weighted by atomic mass is 16.2. The largest absolute Gasteiger partial charge is 0.341 e. The van der Waals surface area contributed by atoms with Crippen molar-refractivity contribution in [2.75, 3.05) is 40.3 Å². The van der Waals surface area contributed by atoms with E-state index in [0.29, 0.717) is 11.8 Å². The van der Waals surface area contributed by atoms with E-state index < -0.39 is 0 Å². The number of carbonyl (C=O) groups excluding carboxylic acids is 1. The van der Waals surface area contributed by atoms with Gasteiger partial charge in [0.15, 0.2) is 0 Å². The molecule has 1 unspecified atom stereocenters. The van der Waals surface area contributed by atoms with E-state index in [4.69, 9.17) is 0 Å². The van der Waals surface area contributed by atoms with Crippen LogP contribution in [0.2, 0.25) is 0 Å². The molecule has 2 rings (SSSR count). The van der Waals surface area contributed by atoms with Crippen molar-refractivity contribution in [3.05, 3.63) is 0 Å². The van der Waals surface area contributed by atoms with Gasteiger partial charge in [0.1, 0.15) is 0 Å². The molecule has 2 fully saturated rings. The van der Waals surface area contributed by atoms with Crippen LogP contribution in [0.4, 0.5) is 0 Å². The van der Waals surface area contributed by atoms with Crippen LogP contribution < -0.4 is 5.32 Å². The van der Waals surface area contributed by atoms with Gasteiger partial charge in [0, 0.05) is 38.6 Å². The number of hydrogen-bond acceptors (Lipinski definition) is 3. The smallest absolute Gasteiger partial charge is 0.223 e. The molecular formula is C12H23N3O. The Bertz CT molecular complexity index is 251. The molecule has 92 valence electrons. The van der Waals surface area contributed by atoms with Gasteiger partial charge in [-0.1, -0.05) is 0 Å². The summed E-state index contributed by atoms with van der Waals surface area (Å²) in [7, 11) is 4.10. The van der Waals surface area contributed by atoms with Crippen molar-refractivity contribution in [2.45, 2.75) is 25.3 Å². The first kappa shape index (κ1) is 11.9. The summed E-state index contributed by atoms with van der Waals surface area (Å²) < 4.78 is 0. The lowest BCUT2D eigenvalue weighted by atomic mass is 10.1. The fourth-order valence-corrected chi connectivity index (χ4v) is 2.15. The first-order valence-corrected chi connectivity index (χ1v) is 6.31. The number of rotatable bonds is 6. The van der Waals surface area contributed by atoms with Crippen LogP contribution in [0.15, 0.2) is 0 Å². The summed E-state index contributed by atoms with van der Waals surface area (Å²) in [6.07, 6.45) is 3.39. The van der Waals surface area contributed by atoms with E-state index in [1.54, 1.807) is 0 Å². The van der Waals surface area contributed by atoms with Crippen LogP contribution in [-0.4, -0.2) is 62.0 Å². The summed E-state index contributed by atoms with van der Waals surface area (Å²) in [5.74, 6) is 0.875. The molecule has 1 aliphatic heterocycles. The predicted molar refractivity (Wildman–Crippen MR) is 64.3 cm³/mol. The molecular weight excluding hydrogens is 202 g/mol. The molecule has 1 amide bonds. The molecule has 0 spiro atoms. The highest BCUT2D eigenvalue weighted by molar-refractivity contribution is 5.78. The zero-order valence-corrected chi connectivity index (χ0v) is 10.4. The van der Waals surface area contributed by atoms with E-state index in [9.17, 15) is 4.79 Å². The number of hydrogen-bond donors (Lipinski definition) is 1. The molecule has 0 bridgehead atoms. The highest BCUT2D eigenvalue weighted by Gasteiger charge is 2.30. The van der Waals surface area contributed by atoms with Crippen LogP contribution in [-0.2, 0) is 4.79 Å². The number of amides is 1. The molecule has 16 heavy (non-hydrogen) atoms. The number of nitrogens with one attached hydrogen (secondary N) is 1. The summed E-state index contributed by atoms with van der Waals surface area (Å²) >= 11 is 0. The fourth-order valence-electron chi connectivity index (χ4n) is 2.15. The van der Waals surface area contributed by atoms with Gasteiger partial charge in [-0.25, -0.2) is 0 Å². The standard InChI is InChI=1S/C12H23N3O/c1-14(2)5-6-15-9-10(7-12(15)16)8-13-11-3-4-11/h10-11,13H,3-9H2,1-2H3. The lowest BCUT2D eigenvalue weighted by Gasteiger charge is -2.19. The van der Waals surface area contributed by atoms with Gasteiger partial charge in [-0.2, -0.15) is 0 Å². The number of likely N-dealkylation sites (tertiary alicyclic amines) is 1. The Hall–Kier alpha value is -0.610. The maximum Gasteiger partial charge on any atom is 0.223 e. The highest BCUT2D eigenvalue weighted by Crippen LogP contribution is 2.21. The lowest BCUT2D eigenvalue weighted by molar-refractivity contribution is -0.127. The Morgan fingerprint density at radius 3 is 2.81 bits per heavy atom. The molecule has 1 atom stereocenters. The fraction of sp³-hybridized carbons (Fsp3) is 0.917. The van der Waals surface area contributed by atoms with Crippen molar-refractivity contribution < 1.29 is 4.79 Å². The van der Waals surface area contributed by atoms with Gasteiger partial charge in [-0.3, -0.25) is 4.79 Å². The zero-order chi connectivity index (χ0) is 11.5. The average Bonchev–Trinajstić information content (AvgIpc) is 2.98. The van der Waals surface area contributed by atoms with Crippen LogP contribution in [0, 0.1) is 5.92 Å². The lowest BCUT2D eigenvalue weighted by Crippen LogP contribution is -2.33. The Balaban J connectivity index is 1.68. The first-order chi connectivity index (χ1) is 7.65. The van der Waals surface area contributed by atoms with Gasteiger partial charge in [0.2, 0.25) is 5.91 Å². The predicted octanol–water partition coefficient (Wildman–Crippen LogP) is 0.149. The van der Waals surface area contributed by atoms with Crippen molar-refractivity contribution in [3.8, 4) is 0 Å². The van der Waals surface area contributed by atoms with E-state index in [0.717, 1.165) is 38.6 Å². The minimum absolute atomic E-state index is 0.337. The molecule has 0 aromatic heterocycles. The summed E-state index contributed by atoms with van der Waals surface area (Å²) in [6.45, 7) is 3.82. The first-order valence-electron chi connectivity index (χ1n) is 6.31. The molecule has 4 heteroatoms. The maximum absolute atomic E-state index is 11.7.